The molecule has 1 aliphatic heterocycles. The van der Waals surface area contributed by atoms with Gasteiger partial charge in [0, 0.05) is 23.7 Å². The molecule has 3 N–H and O–H groups in total. The van der Waals surface area contributed by atoms with E-state index in [0.29, 0.717) is 0 Å². The van der Waals surface area contributed by atoms with Gasteiger partial charge >= 0.3 is 5.97 Å². The van der Waals surface area contributed by atoms with Crippen molar-refractivity contribution in [3.63, 3.8) is 0 Å². The Hall–Kier alpha value is -1.71. The molecule has 1 heterocycles. The van der Waals surface area contributed by atoms with Crippen molar-refractivity contribution < 1.29 is 15.0 Å². The highest BCUT2D eigenvalue weighted by molar-refractivity contribution is 5.92. The third kappa shape index (κ3) is 1.42. The van der Waals surface area contributed by atoms with Crippen LogP contribution in [0.25, 0.3) is 0 Å². The summed E-state index contributed by atoms with van der Waals surface area (Å²) >= 11 is 0. The zero-order chi connectivity index (χ0) is 11.2. The second-order valence-corrected chi connectivity index (χ2v) is 4.46. The Bertz CT molecular complexity index is 438. The van der Waals surface area contributed by atoms with Crippen molar-refractivity contribution in [2.24, 2.45) is 0 Å². The minimum absolute atomic E-state index is 0.0366. The van der Waals surface area contributed by atoms with Crippen LogP contribution in [0.15, 0.2) is 12.1 Å². The molecular weight excluding hydrogens is 194 g/mol. The van der Waals surface area contributed by atoms with Gasteiger partial charge in [-0.15, -0.1) is 0 Å². The Balaban J connectivity index is 2.62. The standard InChI is InChI=1S/C11H13NO3/c1-11(2)5-12-8-4-9(13)6(10(14)15)3-7(8)11/h3-4,12-13H,5H2,1-2H3,(H,14,15). The van der Waals surface area contributed by atoms with E-state index in [1.807, 2.05) is 13.8 Å². The van der Waals surface area contributed by atoms with Crippen LogP contribution < -0.4 is 5.32 Å². The average Bonchev–Trinajstić information content (AvgIpc) is 2.40. The van der Waals surface area contributed by atoms with Crippen LogP contribution in [0.5, 0.6) is 5.75 Å². The maximum Gasteiger partial charge on any atom is 0.339 e. The number of nitrogens with one attached hydrogen (secondary N) is 1. The van der Waals surface area contributed by atoms with Gasteiger partial charge in [0.2, 0.25) is 0 Å². The third-order valence-corrected chi connectivity index (χ3v) is 2.82. The lowest BCUT2D eigenvalue weighted by Gasteiger charge is -2.17. The lowest BCUT2D eigenvalue weighted by atomic mass is 9.86. The molecule has 80 valence electrons. The Kier molecular flexibility index (Phi) is 1.89. The molecule has 0 amide bonds. The van der Waals surface area contributed by atoms with E-state index >= 15 is 0 Å². The second kappa shape index (κ2) is 2.89. The summed E-state index contributed by atoms with van der Waals surface area (Å²) < 4.78 is 0. The van der Waals surface area contributed by atoms with E-state index in [0.717, 1.165) is 17.8 Å². The van der Waals surface area contributed by atoms with E-state index in [2.05, 4.69) is 5.32 Å². The SMILES string of the molecule is CC1(C)CNc2cc(O)c(C(=O)O)cc21. The summed E-state index contributed by atoms with van der Waals surface area (Å²) in [5.74, 6) is -1.29. The number of aromatic hydroxyl groups is 1. The fourth-order valence-electron chi connectivity index (χ4n) is 1.88. The van der Waals surface area contributed by atoms with E-state index in [1.165, 1.54) is 6.07 Å². The van der Waals surface area contributed by atoms with E-state index in [1.54, 1.807) is 6.07 Å². The van der Waals surface area contributed by atoms with Gasteiger partial charge in [-0.05, 0) is 11.6 Å². The van der Waals surface area contributed by atoms with E-state index < -0.39 is 5.97 Å². The van der Waals surface area contributed by atoms with Crippen molar-refractivity contribution >= 4 is 11.7 Å². The molecule has 0 bridgehead atoms. The molecule has 0 aliphatic carbocycles. The molecule has 15 heavy (non-hydrogen) atoms. The summed E-state index contributed by atoms with van der Waals surface area (Å²) in [7, 11) is 0. The van der Waals surface area contributed by atoms with Gasteiger partial charge in [0.15, 0.2) is 0 Å². The number of fused-ring (bicyclic) bond motifs is 1. The predicted octanol–water partition coefficient (Wildman–Crippen LogP) is 1.79. The summed E-state index contributed by atoms with van der Waals surface area (Å²) in [6.07, 6.45) is 0. The van der Waals surface area contributed by atoms with Crippen LogP contribution >= 0.6 is 0 Å². The van der Waals surface area contributed by atoms with Gasteiger partial charge in [-0.3, -0.25) is 0 Å². The predicted molar refractivity (Wildman–Crippen MR) is 56.6 cm³/mol. The molecule has 0 saturated heterocycles. The summed E-state index contributed by atoms with van der Waals surface area (Å²) in [5.41, 5.74) is 1.64. The van der Waals surface area contributed by atoms with Crippen LogP contribution in [-0.4, -0.2) is 22.7 Å². The highest BCUT2D eigenvalue weighted by Gasteiger charge is 2.31. The number of hydrogen-bond acceptors (Lipinski definition) is 3. The van der Waals surface area contributed by atoms with E-state index in [4.69, 9.17) is 5.11 Å². The summed E-state index contributed by atoms with van der Waals surface area (Å²) in [6, 6.07) is 3.03. The maximum absolute atomic E-state index is 10.9. The molecule has 1 aromatic rings. The molecule has 4 nitrogen and oxygen atoms in total. The number of hydrogen-bond donors (Lipinski definition) is 3. The smallest absolute Gasteiger partial charge is 0.339 e. The van der Waals surface area contributed by atoms with Crippen LogP contribution in [0.4, 0.5) is 5.69 Å². The van der Waals surface area contributed by atoms with Crippen molar-refractivity contribution in [1.82, 2.24) is 0 Å². The first-order chi connectivity index (χ1) is 6.92. The van der Waals surface area contributed by atoms with Crippen molar-refractivity contribution in [2.45, 2.75) is 19.3 Å². The molecule has 4 heteroatoms. The zero-order valence-electron chi connectivity index (χ0n) is 8.66. The topological polar surface area (TPSA) is 69.6 Å². The Labute approximate surface area is 87.6 Å². The van der Waals surface area contributed by atoms with Crippen LogP contribution in [0.2, 0.25) is 0 Å². The quantitative estimate of drug-likeness (QED) is 0.656. The van der Waals surface area contributed by atoms with Crippen molar-refractivity contribution in [3.8, 4) is 5.75 Å². The maximum atomic E-state index is 10.9. The van der Waals surface area contributed by atoms with Gasteiger partial charge in [0.05, 0.1) is 0 Å². The molecular formula is C11H13NO3. The molecule has 1 aliphatic rings. The summed E-state index contributed by atoms with van der Waals surface area (Å²) in [6.45, 7) is 4.83. The average molecular weight is 207 g/mol. The highest BCUT2D eigenvalue weighted by Crippen LogP contribution is 2.39. The van der Waals surface area contributed by atoms with Gasteiger partial charge in [-0.1, -0.05) is 13.8 Å². The van der Waals surface area contributed by atoms with Crippen LogP contribution in [-0.2, 0) is 5.41 Å². The normalized spacial score (nSPS) is 16.9. The lowest BCUT2D eigenvalue weighted by Crippen LogP contribution is -2.19. The minimum atomic E-state index is -1.10. The first-order valence-corrected chi connectivity index (χ1v) is 4.76. The number of aromatic carboxylic acids is 1. The molecule has 0 atom stereocenters. The Morgan fingerprint density at radius 2 is 2.13 bits per heavy atom. The summed E-state index contributed by atoms with van der Waals surface area (Å²) in [4.78, 5) is 10.9. The van der Waals surface area contributed by atoms with Gasteiger partial charge in [-0.2, -0.15) is 0 Å². The fourth-order valence-corrected chi connectivity index (χ4v) is 1.88. The number of benzene rings is 1. The van der Waals surface area contributed by atoms with Gasteiger partial charge < -0.3 is 15.5 Å². The Morgan fingerprint density at radius 1 is 1.47 bits per heavy atom. The van der Waals surface area contributed by atoms with Crippen LogP contribution in [0, 0.1) is 0 Å². The number of anilines is 1. The van der Waals surface area contributed by atoms with Crippen molar-refractivity contribution in [3.05, 3.63) is 23.3 Å². The third-order valence-electron chi connectivity index (χ3n) is 2.82. The molecule has 0 aromatic heterocycles. The first kappa shape index (κ1) is 9.83. The van der Waals surface area contributed by atoms with Crippen molar-refractivity contribution in [2.75, 3.05) is 11.9 Å². The second-order valence-electron chi connectivity index (χ2n) is 4.46. The van der Waals surface area contributed by atoms with E-state index in [9.17, 15) is 9.90 Å². The number of phenols is 1. The molecule has 0 spiro atoms. The van der Waals surface area contributed by atoms with Gasteiger partial charge in [-0.25, -0.2) is 4.79 Å². The zero-order valence-corrected chi connectivity index (χ0v) is 8.66. The van der Waals surface area contributed by atoms with Crippen LogP contribution in [0.1, 0.15) is 29.8 Å². The molecule has 0 unspecified atom stereocenters. The fraction of sp³-hybridized carbons (Fsp3) is 0.364. The molecule has 1 aromatic carbocycles. The molecule has 0 fully saturated rings. The number of carboxylic acid groups (broad SMARTS) is 1. The van der Waals surface area contributed by atoms with Gasteiger partial charge in [0.1, 0.15) is 11.3 Å². The first-order valence-electron chi connectivity index (χ1n) is 4.76. The highest BCUT2D eigenvalue weighted by atomic mass is 16.4. The molecule has 0 radical (unpaired) electrons. The molecule has 2 rings (SSSR count). The largest absolute Gasteiger partial charge is 0.507 e. The number of carboxylic acids is 1. The van der Waals surface area contributed by atoms with Crippen molar-refractivity contribution in [1.29, 1.82) is 0 Å². The number of carbonyl (C=O) groups is 1. The lowest BCUT2D eigenvalue weighted by molar-refractivity contribution is 0.0693. The Morgan fingerprint density at radius 3 is 2.73 bits per heavy atom. The minimum Gasteiger partial charge on any atom is -0.507 e. The van der Waals surface area contributed by atoms with Crippen LogP contribution in [0.3, 0.4) is 0 Å². The van der Waals surface area contributed by atoms with E-state index in [-0.39, 0.29) is 16.7 Å². The monoisotopic (exact) mass is 207 g/mol. The molecule has 0 saturated carbocycles. The van der Waals surface area contributed by atoms with Gasteiger partial charge in [0.25, 0.3) is 0 Å². The summed E-state index contributed by atoms with van der Waals surface area (Å²) in [5, 5.41) is 21.5. The number of rotatable bonds is 1.